The molecule has 0 bridgehead atoms. The SMILES string of the molecule is O=C(NC1CCCN(c2ccccc2)C1)c1ccc(CN2C(=O)c3ccccc3C2=O)cc1. The van der Waals surface area contributed by atoms with Gasteiger partial charge in [-0.3, -0.25) is 19.3 Å². The Labute approximate surface area is 192 Å². The van der Waals surface area contributed by atoms with Crippen LogP contribution in [0.15, 0.2) is 78.9 Å². The first-order chi connectivity index (χ1) is 16.1. The van der Waals surface area contributed by atoms with Crippen LogP contribution in [0.3, 0.4) is 0 Å². The van der Waals surface area contributed by atoms with Crippen molar-refractivity contribution in [2.75, 3.05) is 18.0 Å². The minimum Gasteiger partial charge on any atom is -0.369 e. The Morgan fingerprint density at radius 2 is 1.48 bits per heavy atom. The number of benzene rings is 3. The van der Waals surface area contributed by atoms with Gasteiger partial charge in [0, 0.05) is 30.4 Å². The Hall–Kier alpha value is -3.93. The zero-order valence-corrected chi connectivity index (χ0v) is 18.2. The summed E-state index contributed by atoms with van der Waals surface area (Å²) < 4.78 is 0. The Morgan fingerprint density at radius 1 is 0.848 bits per heavy atom. The third kappa shape index (κ3) is 4.24. The van der Waals surface area contributed by atoms with Crippen LogP contribution in [0, 0.1) is 0 Å². The number of imide groups is 1. The molecular weight excluding hydrogens is 414 g/mol. The highest BCUT2D eigenvalue weighted by atomic mass is 16.2. The van der Waals surface area contributed by atoms with Crippen molar-refractivity contribution < 1.29 is 14.4 Å². The molecule has 3 amide bonds. The fourth-order valence-electron chi connectivity index (χ4n) is 4.56. The van der Waals surface area contributed by atoms with Crippen molar-refractivity contribution in [3.8, 4) is 0 Å². The number of carbonyl (C=O) groups excluding carboxylic acids is 3. The maximum atomic E-state index is 12.8. The number of amides is 3. The van der Waals surface area contributed by atoms with Crippen LogP contribution in [-0.4, -0.2) is 41.8 Å². The van der Waals surface area contributed by atoms with E-state index in [-0.39, 0.29) is 30.3 Å². The van der Waals surface area contributed by atoms with E-state index in [1.165, 1.54) is 10.6 Å². The predicted octanol–water partition coefficient (Wildman–Crippen LogP) is 3.88. The van der Waals surface area contributed by atoms with Gasteiger partial charge in [-0.2, -0.15) is 0 Å². The second kappa shape index (κ2) is 8.90. The maximum absolute atomic E-state index is 12.8. The number of anilines is 1. The molecule has 2 heterocycles. The maximum Gasteiger partial charge on any atom is 0.261 e. The molecule has 0 radical (unpaired) electrons. The van der Waals surface area contributed by atoms with Gasteiger partial charge in [0.05, 0.1) is 17.7 Å². The molecule has 1 fully saturated rings. The largest absolute Gasteiger partial charge is 0.369 e. The minimum atomic E-state index is -0.280. The van der Waals surface area contributed by atoms with Gasteiger partial charge in [0.15, 0.2) is 0 Å². The first-order valence-corrected chi connectivity index (χ1v) is 11.3. The lowest BCUT2D eigenvalue weighted by molar-refractivity contribution is 0.0641. The number of nitrogens with zero attached hydrogens (tertiary/aromatic N) is 2. The number of piperidine rings is 1. The topological polar surface area (TPSA) is 69.7 Å². The molecule has 3 aromatic rings. The molecule has 6 nitrogen and oxygen atoms in total. The van der Waals surface area contributed by atoms with Crippen LogP contribution in [0.2, 0.25) is 0 Å². The third-order valence-corrected chi connectivity index (χ3v) is 6.31. The summed E-state index contributed by atoms with van der Waals surface area (Å²) in [4.78, 5) is 41.5. The summed E-state index contributed by atoms with van der Waals surface area (Å²) in [6.45, 7) is 1.96. The quantitative estimate of drug-likeness (QED) is 0.613. The summed E-state index contributed by atoms with van der Waals surface area (Å²) in [6, 6.07) is 24.3. The van der Waals surface area contributed by atoms with E-state index in [0.29, 0.717) is 16.7 Å². The second-order valence-electron chi connectivity index (χ2n) is 8.53. The molecule has 6 heteroatoms. The molecule has 2 aliphatic rings. The van der Waals surface area contributed by atoms with E-state index in [9.17, 15) is 14.4 Å². The van der Waals surface area contributed by atoms with Gasteiger partial charge in [0.25, 0.3) is 17.7 Å². The van der Waals surface area contributed by atoms with E-state index in [1.54, 1.807) is 48.5 Å². The Balaban J connectivity index is 1.21. The lowest BCUT2D eigenvalue weighted by Gasteiger charge is -2.34. The monoisotopic (exact) mass is 439 g/mol. The Bertz CT molecular complexity index is 1160. The minimum absolute atomic E-state index is 0.0875. The Kier molecular flexibility index (Phi) is 5.65. The third-order valence-electron chi connectivity index (χ3n) is 6.31. The van der Waals surface area contributed by atoms with E-state index in [4.69, 9.17) is 0 Å². The molecule has 5 rings (SSSR count). The molecule has 2 aliphatic heterocycles. The smallest absolute Gasteiger partial charge is 0.261 e. The molecule has 0 spiro atoms. The van der Waals surface area contributed by atoms with E-state index in [1.807, 2.05) is 18.2 Å². The van der Waals surface area contributed by atoms with Gasteiger partial charge >= 0.3 is 0 Å². The van der Waals surface area contributed by atoms with E-state index >= 15 is 0 Å². The zero-order valence-electron chi connectivity index (χ0n) is 18.2. The zero-order chi connectivity index (χ0) is 22.8. The van der Waals surface area contributed by atoms with Crippen LogP contribution in [0.25, 0.3) is 0 Å². The fourth-order valence-corrected chi connectivity index (χ4v) is 4.56. The van der Waals surface area contributed by atoms with Gasteiger partial charge in [-0.25, -0.2) is 0 Å². The number of fused-ring (bicyclic) bond motifs is 1. The van der Waals surface area contributed by atoms with Gasteiger partial charge in [0.2, 0.25) is 0 Å². The van der Waals surface area contributed by atoms with Gasteiger partial charge in [-0.15, -0.1) is 0 Å². The molecule has 0 aromatic heterocycles. The molecule has 1 saturated heterocycles. The van der Waals surface area contributed by atoms with Crippen molar-refractivity contribution in [3.05, 3.63) is 101 Å². The van der Waals surface area contributed by atoms with Crippen molar-refractivity contribution in [1.82, 2.24) is 10.2 Å². The highest BCUT2D eigenvalue weighted by Gasteiger charge is 2.35. The fraction of sp³-hybridized carbons (Fsp3) is 0.222. The second-order valence-corrected chi connectivity index (χ2v) is 8.53. The van der Waals surface area contributed by atoms with Crippen LogP contribution >= 0.6 is 0 Å². The number of hydrogen-bond donors (Lipinski definition) is 1. The van der Waals surface area contributed by atoms with Gasteiger partial charge in [-0.1, -0.05) is 42.5 Å². The normalized spacial score (nSPS) is 17.8. The summed E-state index contributed by atoms with van der Waals surface area (Å²) in [5.74, 6) is -0.669. The number of hydrogen-bond acceptors (Lipinski definition) is 4. The molecule has 3 aromatic carbocycles. The average molecular weight is 440 g/mol. The lowest BCUT2D eigenvalue weighted by atomic mass is 10.0. The van der Waals surface area contributed by atoms with Crippen molar-refractivity contribution >= 4 is 23.4 Å². The molecule has 166 valence electrons. The van der Waals surface area contributed by atoms with Crippen molar-refractivity contribution in [3.63, 3.8) is 0 Å². The molecule has 1 atom stereocenters. The number of rotatable bonds is 5. The predicted molar refractivity (Wildman–Crippen MR) is 126 cm³/mol. The Morgan fingerprint density at radius 3 is 2.15 bits per heavy atom. The van der Waals surface area contributed by atoms with E-state index < -0.39 is 0 Å². The van der Waals surface area contributed by atoms with Gasteiger partial charge in [0.1, 0.15) is 0 Å². The van der Waals surface area contributed by atoms with Crippen LogP contribution in [0.4, 0.5) is 5.69 Å². The summed E-state index contributed by atoms with van der Waals surface area (Å²) in [5.41, 5.74) is 3.42. The van der Waals surface area contributed by atoms with E-state index in [0.717, 1.165) is 31.5 Å². The molecule has 1 unspecified atom stereocenters. The standard InChI is InChI=1S/C27H25N3O3/c31-25(28-21-7-6-16-29(18-21)22-8-2-1-3-9-22)20-14-12-19(13-15-20)17-30-26(32)23-10-4-5-11-24(23)27(30)33/h1-5,8-15,21H,6-7,16-18H2,(H,28,31). The summed E-state index contributed by atoms with van der Waals surface area (Å²) in [6.07, 6.45) is 1.98. The van der Waals surface area contributed by atoms with Crippen LogP contribution in [-0.2, 0) is 6.54 Å². The van der Waals surface area contributed by atoms with Crippen LogP contribution in [0.5, 0.6) is 0 Å². The molecule has 0 saturated carbocycles. The van der Waals surface area contributed by atoms with Crippen molar-refractivity contribution in [2.45, 2.75) is 25.4 Å². The molecule has 33 heavy (non-hydrogen) atoms. The average Bonchev–Trinajstić information content (AvgIpc) is 3.10. The lowest BCUT2D eigenvalue weighted by Crippen LogP contribution is -2.47. The molecule has 0 aliphatic carbocycles. The van der Waals surface area contributed by atoms with Gasteiger partial charge < -0.3 is 10.2 Å². The van der Waals surface area contributed by atoms with Crippen LogP contribution < -0.4 is 10.2 Å². The number of nitrogens with one attached hydrogen (secondary N) is 1. The van der Waals surface area contributed by atoms with Crippen LogP contribution in [0.1, 0.15) is 49.5 Å². The highest BCUT2D eigenvalue weighted by Crippen LogP contribution is 2.24. The van der Waals surface area contributed by atoms with Crippen molar-refractivity contribution in [1.29, 1.82) is 0 Å². The van der Waals surface area contributed by atoms with E-state index in [2.05, 4.69) is 22.3 Å². The van der Waals surface area contributed by atoms with Gasteiger partial charge in [-0.05, 0) is 54.8 Å². The first-order valence-electron chi connectivity index (χ1n) is 11.3. The number of para-hydroxylation sites is 1. The molecular formula is C27H25N3O3. The number of carbonyl (C=O) groups is 3. The molecule has 1 N–H and O–H groups in total. The first kappa shape index (κ1) is 20.9. The highest BCUT2D eigenvalue weighted by molar-refractivity contribution is 6.21. The summed E-state index contributed by atoms with van der Waals surface area (Å²) in [7, 11) is 0. The van der Waals surface area contributed by atoms with Crippen molar-refractivity contribution in [2.24, 2.45) is 0 Å². The summed E-state index contributed by atoms with van der Waals surface area (Å²) in [5, 5.41) is 3.15. The summed E-state index contributed by atoms with van der Waals surface area (Å²) >= 11 is 0.